The molecule has 1 amide bonds. The van der Waals surface area contributed by atoms with Crippen LogP contribution in [0.2, 0.25) is 5.02 Å². The Kier molecular flexibility index (Phi) is 6.68. The molecule has 2 aromatic carbocycles. The van der Waals surface area contributed by atoms with E-state index < -0.39 is 28.8 Å². The number of hydrogen-bond donors (Lipinski definition) is 2. The monoisotopic (exact) mass is 539 g/mol. The fourth-order valence-corrected chi connectivity index (χ4v) is 3.93. The number of nitrogens with two attached hydrogens (primary N) is 1. The van der Waals surface area contributed by atoms with Crippen molar-refractivity contribution in [1.82, 2.24) is 14.1 Å². The molecule has 3 N–H and O–H groups in total. The lowest BCUT2D eigenvalue weighted by atomic mass is 10.2. The molecule has 194 valence electrons. The first kappa shape index (κ1) is 25.2. The Morgan fingerprint density at radius 3 is 2.53 bits per heavy atom. The highest BCUT2D eigenvalue weighted by Crippen LogP contribution is 2.34. The topological polar surface area (TPSA) is 121 Å². The Balaban J connectivity index is 1.45. The van der Waals surface area contributed by atoms with Gasteiger partial charge in [0.2, 0.25) is 0 Å². The van der Waals surface area contributed by atoms with Crippen molar-refractivity contribution in [3.05, 3.63) is 104 Å². The number of carbonyl (C=O) groups excluding carboxylic acids is 1. The van der Waals surface area contributed by atoms with Crippen LogP contribution in [0, 0.1) is 17.6 Å². The molecule has 0 aliphatic heterocycles. The number of rotatable bonds is 7. The van der Waals surface area contributed by atoms with Gasteiger partial charge in [-0.1, -0.05) is 11.6 Å². The van der Waals surface area contributed by atoms with Crippen LogP contribution in [-0.2, 0) is 6.54 Å². The van der Waals surface area contributed by atoms with Crippen molar-refractivity contribution in [1.29, 1.82) is 0 Å². The number of nitrogen functional groups attached to an aromatic ring is 1. The minimum absolute atomic E-state index is 0.0165. The second-order valence-electron chi connectivity index (χ2n) is 8.75. The zero-order chi connectivity index (χ0) is 27.0. The highest BCUT2D eigenvalue weighted by molar-refractivity contribution is 6.34. The minimum Gasteiger partial charge on any atom is -0.453 e. The minimum atomic E-state index is -0.892. The Morgan fingerprint density at radius 1 is 1.11 bits per heavy atom. The third-order valence-electron chi connectivity index (χ3n) is 5.93. The Hall–Kier alpha value is -4.51. The van der Waals surface area contributed by atoms with Crippen molar-refractivity contribution in [2.45, 2.75) is 19.4 Å². The van der Waals surface area contributed by atoms with Crippen LogP contribution in [0.1, 0.15) is 23.2 Å². The summed E-state index contributed by atoms with van der Waals surface area (Å²) in [7, 11) is 0. The van der Waals surface area contributed by atoms with E-state index in [1.807, 2.05) is 0 Å². The van der Waals surface area contributed by atoms with Crippen LogP contribution in [-0.4, -0.2) is 20.0 Å². The van der Waals surface area contributed by atoms with Crippen LogP contribution in [0.5, 0.6) is 11.5 Å². The predicted octanol–water partition coefficient (Wildman–Crippen LogP) is 4.36. The van der Waals surface area contributed by atoms with Crippen molar-refractivity contribution in [3.63, 3.8) is 0 Å². The van der Waals surface area contributed by atoms with Crippen LogP contribution in [0.4, 0.5) is 20.3 Å². The summed E-state index contributed by atoms with van der Waals surface area (Å²) in [5, 5.41) is 2.49. The number of ether oxygens (including phenoxy) is 1. The highest BCUT2D eigenvalue weighted by Gasteiger charge is 2.25. The van der Waals surface area contributed by atoms with Crippen LogP contribution in [0.3, 0.4) is 0 Å². The van der Waals surface area contributed by atoms with Gasteiger partial charge >= 0.3 is 5.69 Å². The lowest BCUT2D eigenvalue weighted by Crippen LogP contribution is -2.42. The third kappa shape index (κ3) is 5.14. The van der Waals surface area contributed by atoms with Gasteiger partial charge in [-0.15, -0.1) is 0 Å². The summed E-state index contributed by atoms with van der Waals surface area (Å²) in [4.78, 5) is 43.2. The van der Waals surface area contributed by atoms with Crippen LogP contribution in [0.15, 0.2) is 70.5 Å². The molecule has 2 heterocycles. The van der Waals surface area contributed by atoms with E-state index in [1.165, 1.54) is 47.3 Å². The second-order valence-corrected chi connectivity index (χ2v) is 9.13. The van der Waals surface area contributed by atoms with Crippen LogP contribution < -0.4 is 27.0 Å². The van der Waals surface area contributed by atoms with Gasteiger partial charge in [-0.25, -0.2) is 23.1 Å². The second kappa shape index (κ2) is 10.1. The van der Waals surface area contributed by atoms with E-state index in [4.69, 9.17) is 22.1 Å². The number of nitrogens with zero attached hydrogens (tertiary/aromatic N) is 3. The molecule has 0 saturated heterocycles. The van der Waals surface area contributed by atoms with Crippen LogP contribution in [0.25, 0.3) is 5.69 Å². The van der Waals surface area contributed by atoms with Crippen LogP contribution >= 0.6 is 11.6 Å². The number of benzene rings is 2. The van der Waals surface area contributed by atoms with Gasteiger partial charge in [0, 0.05) is 36.8 Å². The number of pyridine rings is 1. The number of anilines is 2. The van der Waals surface area contributed by atoms with E-state index in [2.05, 4.69) is 10.3 Å². The van der Waals surface area contributed by atoms with Gasteiger partial charge in [-0.05, 0) is 55.2 Å². The van der Waals surface area contributed by atoms with Gasteiger partial charge in [-0.3, -0.25) is 14.2 Å². The number of amides is 1. The average Bonchev–Trinajstić information content (AvgIpc) is 3.70. The zero-order valence-electron chi connectivity index (χ0n) is 19.7. The fourth-order valence-electron chi connectivity index (χ4n) is 3.78. The van der Waals surface area contributed by atoms with Gasteiger partial charge in [-0.2, -0.15) is 0 Å². The third-order valence-corrected chi connectivity index (χ3v) is 6.31. The normalized spacial score (nSPS) is 12.8. The van der Waals surface area contributed by atoms with Gasteiger partial charge < -0.3 is 15.8 Å². The molecule has 4 aromatic rings. The van der Waals surface area contributed by atoms with E-state index in [1.54, 1.807) is 0 Å². The number of carbonyl (C=O) groups is 1. The number of hydrogen-bond acceptors (Lipinski definition) is 6. The summed E-state index contributed by atoms with van der Waals surface area (Å²) < 4.78 is 35.8. The Bertz CT molecular complexity index is 1670. The van der Waals surface area contributed by atoms with Gasteiger partial charge in [0.25, 0.3) is 11.5 Å². The summed E-state index contributed by atoms with van der Waals surface area (Å²) in [6.45, 7) is 0.323. The smallest absolute Gasteiger partial charge is 0.335 e. The summed E-state index contributed by atoms with van der Waals surface area (Å²) in [6, 6.07) is 9.82. The Labute approximate surface area is 219 Å². The van der Waals surface area contributed by atoms with Gasteiger partial charge in [0.05, 0.1) is 5.69 Å². The Morgan fingerprint density at radius 2 is 1.84 bits per heavy atom. The van der Waals surface area contributed by atoms with Crippen molar-refractivity contribution < 1.29 is 18.3 Å². The first-order chi connectivity index (χ1) is 18.2. The molecule has 1 saturated carbocycles. The average molecular weight is 540 g/mol. The lowest BCUT2D eigenvalue weighted by Gasteiger charge is -2.14. The molecule has 1 aliphatic rings. The molecule has 2 aromatic heterocycles. The molecule has 12 heteroatoms. The SMILES string of the molecule is Nc1nccc(Oc2ccc(NC(=O)c3cn(CC4CC4)c(=O)n(-c4ccc(F)cc4)c3=O)cc2F)c1Cl. The molecule has 1 aliphatic carbocycles. The molecule has 1 fully saturated rings. The van der Waals surface area contributed by atoms with Gasteiger partial charge in [0.15, 0.2) is 17.3 Å². The maximum atomic E-state index is 14.8. The largest absolute Gasteiger partial charge is 0.453 e. The first-order valence-electron chi connectivity index (χ1n) is 11.5. The standard InChI is InChI=1S/C26H20ClF2N5O4/c27-22-21(9-10-31-23(22)30)38-20-8-5-16(11-19(20)29)32-24(35)18-13-33(12-14-1-2-14)26(37)34(25(18)36)17-6-3-15(28)4-7-17/h3-11,13-14H,1-2,12H2,(H2,30,31)(H,32,35). The molecule has 0 unspecified atom stereocenters. The molecule has 0 radical (unpaired) electrons. The van der Waals surface area contributed by atoms with E-state index >= 15 is 0 Å². The summed E-state index contributed by atoms with van der Waals surface area (Å²) in [5.41, 5.74) is 3.91. The predicted molar refractivity (Wildman–Crippen MR) is 137 cm³/mol. The van der Waals surface area contributed by atoms with Crippen molar-refractivity contribution in [2.75, 3.05) is 11.1 Å². The lowest BCUT2D eigenvalue weighted by molar-refractivity contribution is 0.102. The molecule has 38 heavy (non-hydrogen) atoms. The molecule has 0 spiro atoms. The molecule has 0 atom stereocenters. The molecular formula is C26H20ClF2N5O4. The molecular weight excluding hydrogens is 520 g/mol. The maximum absolute atomic E-state index is 14.8. The van der Waals surface area contributed by atoms with Crippen molar-refractivity contribution >= 4 is 29.0 Å². The summed E-state index contributed by atoms with van der Waals surface area (Å²) >= 11 is 6.04. The van der Waals surface area contributed by atoms with Crippen molar-refractivity contribution in [2.24, 2.45) is 5.92 Å². The van der Waals surface area contributed by atoms with E-state index in [0.29, 0.717) is 6.54 Å². The zero-order valence-corrected chi connectivity index (χ0v) is 20.4. The highest BCUT2D eigenvalue weighted by atomic mass is 35.5. The summed E-state index contributed by atoms with van der Waals surface area (Å²) in [5.74, 6) is -2.04. The molecule has 5 rings (SSSR count). The maximum Gasteiger partial charge on any atom is 0.335 e. The fraction of sp³-hybridized carbons (Fsp3) is 0.154. The number of nitrogens with one attached hydrogen (secondary N) is 1. The van der Waals surface area contributed by atoms with E-state index in [-0.39, 0.29) is 45.2 Å². The number of halogens is 3. The van der Waals surface area contributed by atoms with E-state index in [9.17, 15) is 23.2 Å². The molecule has 0 bridgehead atoms. The number of aromatic nitrogens is 3. The van der Waals surface area contributed by atoms with E-state index in [0.717, 1.165) is 35.6 Å². The molecule has 9 nitrogen and oxygen atoms in total. The first-order valence-corrected chi connectivity index (χ1v) is 11.9. The van der Waals surface area contributed by atoms with Gasteiger partial charge in [0.1, 0.15) is 22.2 Å². The quantitative estimate of drug-likeness (QED) is 0.360. The summed E-state index contributed by atoms with van der Waals surface area (Å²) in [6.07, 6.45) is 4.40. The van der Waals surface area contributed by atoms with Crippen molar-refractivity contribution in [3.8, 4) is 17.2 Å².